The molecule has 1 N–H and O–H groups in total. The Balaban J connectivity index is 3.50. The quantitative estimate of drug-likeness (QED) is 0.463. The van der Waals surface area contributed by atoms with Crippen LogP contribution in [0, 0.1) is 0 Å². The zero-order valence-corrected chi connectivity index (χ0v) is 6.48. The van der Waals surface area contributed by atoms with Crippen molar-refractivity contribution in [3.05, 3.63) is 24.3 Å². The molecule has 0 aromatic heterocycles. The summed E-state index contributed by atoms with van der Waals surface area (Å²) < 4.78 is 0. The SMILES string of the molecule is C=C(C)C(=O)NCC=CC. The molecule has 0 aliphatic carbocycles. The van der Waals surface area contributed by atoms with Crippen molar-refractivity contribution >= 4 is 5.91 Å². The first-order valence-corrected chi connectivity index (χ1v) is 3.23. The highest BCUT2D eigenvalue weighted by Gasteiger charge is 1.96. The third-order valence-corrected chi connectivity index (χ3v) is 1.00. The number of nitrogens with one attached hydrogen (secondary N) is 1. The molecule has 0 saturated carbocycles. The zero-order valence-electron chi connectivity index (χ0n) is 6.48. The van der Waals surface area contributed by atoms with Crippen LogP contribution in [0.4, 0.5) is 0 Å². The Morgan fingerprint density at radius 1 is 1.70 bits per heavy atom. The largest absolute Gasteiger partial charge is 0.349 e. The molecule has 0 aliphatic heterocycles. The number of hydrogen-bond donors (Lipinski definition) is 1. The van der Waals surface area contributed by atoms with Crippen molar-refractivity contribution in [3.8, 4) is 0 Å². The van der Waals surface area contributed by atoms with E-state index in [0.29, 0.717) is 12.1 Å². The molecule has 0 aliphatic rings. The van der Waals surface area contributed by atoms with Crippen LogP contribution >= 0.6 is 0 Å². The molecule has 1 amide bonds. The maximum atomic E-state index is 10.8. The molecule has 0 aromatic rings. The van der Waals surface area contributed by atoms with Gasteiger partial charge in [0.2, 0.25) is 5.91 Å². The lowest BCUT2D eigenvalue weighted by Gasteiger charge is -1.98. The summed E-state index contributed by atoms with van der Waals surface area (Å²) >= 11 is 0. The van der Waals surface area contributed by atoms with Crippen LogP contribution in [-0.4, -0.2) is 12.5 Å². The normalized spacial score (nSPS) is 9.80. The van der Waals surface area contributed by atoms with Crippen molar-refractivity contribution in [3.63, 3.8) is 0 Å². The van der Waals surface area contributed by atoms with Crippen molar-refractivity contribution in [1.82, 2.24) is 5.32 Å². The summed E-state index contributed by atoms with van der Waals surface area (Å²) in [7, 11) is 0. The van der Waals surface area contributed by atoms with Crippen LogP contribution in [0.15, 0.2) is 24.3 Å². The monoisotopic (exact) mass is 139 g/mol. The predicted molar refractivity (Wildman–Crippen MR) is 42.6 cm³/mol. The number of carbonyl (C=O) groups is 1. The first-order valence-electron chi connectivity index (χ1n) is 3.23. The van der Waals surface area contributed by atoms with E-state index in [0.717, 1.165) is 0 Å². The Kier molecular flexibility index (Phi) is 4.29. The van der Waals surface area contributed by atoms with Gasteiger partial charge in [-0.05, 0) is 13.8 Å². The molecule has 0 aromatic carbocycles. The van der Waals surface area contributed by atoms with Crippen molar-refractivity contribution in [2.24, 2.45) is 0 Å². The summed E-state index contributed by atoms with van der Waals surface area (Å²) in [4.78, 5) is 10.8. The summed E-state index contributed by atoms with van der Waals surface area (Å²) in [5, 5.41) is 2.66. The smallest absolute Gasteiger partial charge is 0.246 e. The van der Waals surface area contributed by atoms with E-state index in [2.05, 4.69) is 11.9 Å². The average molecular weight is 139 g/mol. The number of allylic oxidation sites excluding steroid dienone is 1. The summed E-state index contributed by atoms with van der Waals surface area (Å²) in [6.07, 6.45) is 3.76. The fourth-order valence-corrected chi connectivity index (χ4v) is 0.420. The van der Waals surface area contributed by atoms with E-state index in [9.17, 15) is 4.79 Å². The number of rotatable bonds is 3. The Labute approximate surface area is 61.6 Å². The lowest BCUT2D eigenvalue weighted by Crippen LogP contribution is -2.23. The minimum absolute atomic E-state index is 0.0851. The van der Waals surface area contributed by atoms with Gasteiger partial charge in [-0.25, -0.2) is 0 Å². The van der Waals surface area contributed by atoms with Crippen molar-refractivity contribution < 1.29 is 4.79 Å². The summed E-state index contributed by atoms with van der Waals surface area (Å²) in [6.45, 7) is 7.68. The van der Waals surface area contributed by atoms with Crippen LogP contribution in [0.1, 0.15) is 13.8 Å². The Morgan fingerprint density at radius 3 is 2.70 bits per heavy atom. The fraction of sp³-hybridized carbons (Fsp3) is 0.375. The molecule has 0 rings (SSSR count). The Bertz CT molecular complexity index is 159. The standard InChI is InChI=1S/C8H13NO/c1-4-5-6-9-8(10)7(2)3/h4-5H,2,6H2,1,3H3,(H,9,10). The highest BCUT2D eigenvalue weighted by Crippen LogP contribution is 1.84. The Hall–Kier alpha value is -1.05. The van der Waals surface area contributed by atoms with Crippen LogP contribution < -0.4 is 5.32 Å². The first kappa shape index (κ1) is 8.95. The second-order valence-corrected chi connectivity index (χ2v) is 2.06. The minimum atomic E-state index is -0.0851. The summed E-state index contributed by atoms with van der Waals surface area (Å²) in [6, 6.07) is 0. The van der Waals surface area contributed by atoms with Gasteiger partial charge < -0.3 is 5.32 Å². The molecule has 0 unspecified atom stereocenters. The molecule has 0 saturated heterocycles. The molecular weight excluding hydrogens is 126 g/mol. The molecule has 0 heterocycles. The van der Waals surface area contributed by atoms with E-state index in [1.54, 1.807) is 6.92 Å². The number of carbonyl (C=O) groups excluding carboxylic acids is 1. The van der Waals surface area contributed by atoms with Gasteiger partial charge in [-0.2, -0.15) is 0 Å². The van der Waals surface area contributed by atoms with E-state index < -0.39 is 0 Å². The minimum Gasteiger partial charge on any atom is -0.349 e. The number of amides is 1. The molecular formula is C8H13NO. The van der Waals surface area contributed by atoms with E-state index in [-0.39, 0.29) is 5.91 Å². The van der Waals surface area contributed by atoms with Gasteiger partial charge in [0.15, 0.2) is 0 Å². The van der Waals surface area contributed by atoms with Crippen molar-refractivity contribution in [2.75, 3.05) is 6.54 Å². The van der Waals surface area contributed by atoms with Crippen LogP contribution in [0.5, 0.6) is 0 Å². The van der Waals surface area contributed by atoms with Gasteiger partial charge in [-0.15, -0.1) is 0 Å². The third-order valence-electron chi connectivity index (χ3n) is 1.00. The van der Waals surface area contributed by atoms with Gasteiger partial charge in [0.1, 0.15) is 0 Å². The summed E-state index contributed by atoms with van der Waals surface area (Å²) in [5.74, 6) is -0.0851. The molecule has 2 nitrogen and oxygen atoms in total. The summed E-state index contributed by atoms with van der Waals surface area (Å²) in [5.41, 5.74) is 0.546. The topological polar surface area (TPSA) is 29.1 Å². The molecule has 10 heavy (non-hydrogen) atoms. The highest BCUT2D eigenvalue weighted by atomic mass is 16.1. The number of hydrogen-bond acceptors (Lipinski definition) is 1. The predicted octanol–water partition coefficient (Wildman–Crippen LogP) is 1.25. The zero-order chi connectivity index (χ0) is 7.98. The van der Waals surface area contributed by atoms with Gasteiger partial charge in [0, 0.05) is 12.1 Å². The molecule has 0 bridgehead atoms. The highest BCUT2D eigenvalue weighted by molar-refractivity contribution is 5.92. The van der Waals surface area contributed by atoms with E-state index in [1.165, 1.54) is 0 Å². The van der Waals surface area contributed by atoms with E-state index >= 15 is 0 Å². The maximum absolute atomic E-state index is 10.8. The molecule has 0 spiro atoms. The van der Waals surface area contributed by atoms with Crippen LogP contribution in [0.2, 0.25) is 0 Å². The van der Waals surface area contributed by atoms with Crippen molar-refractivity contribution in [2.45, 2.75) is 13.8 Å². The molecule has 0 radical (unpaired) electrons. The first-order chi connectivity index (χ1) is 4.68. The second-order valence-electron chi connectivity index (χ2n) is 2.06. The molecule has 0 atom stereocenters. The van der Waals surface area contributed by atoms with E-state index in [1.807, 2.05) is 19.1 Å². The van der Waals surface area contributed by atoms with Crippen LogP contribution in [0.25, 0.3) is 0 Å². The van der Waals surface area contributed by atoms with Gasteiger partial charge >= 0.3 is 0 Å². The maximum Gasteiger partial charge on any atom is 0.246 e. The van der Waals surface area contributed by atoms with Gasteiger partial charge in [-0.1, -0.05) is 18.7 Å². The lowest BCUT2D eigenvalue weighted by atomic mass is 10.3. The molecule has 2 heteroatoms. The van der Waals surface area contributed by atoms with Gasteiger partial charge in [0.05, 0.1) is 0 Å². The van der Waals surface area contributed by atoms with Crippen LogP contribution in [-0.2, 0) is 4.79 Å². The lowest BCUT2D eigenvalue weighted by molar-refractivity contribution is -0.117. The van der Waals surface area contributed by atoms with Gasteiger partial charge in [-0.3, -0.25) is 4.79 Å². The molecule has 56 valence electrons. The third kappa shape index (κ3) is 3.89. The van der Waals surface area contributed by atoms with Gasteiger partial charge in [0.25, 0.3) is 0 Å². The second kappa shape index (κ2) is 4.79. The molecule has 0 fully saturated rings. The van der Waals surface area contributed by atoms with E-state index in [4.69, 9.17) is 0 Å². The Morgan fingerprint density at radius 2 is 2.30 bits per heavy atom. The fourth-order valence-electron chi connectivity index (χ4n) is 0.420. The average Bonchev–Trinajstić information content (AvgIpc) is 1.88. The van der Waals surface area contributed by atoms with Crippen LogP contribution in [0.3, 0.4) is 0 Å². The van der Waals surface area contributed by atoms with Crippen molar-refractivity contribution in [1.29, 1.82) is 0 Å².